The van der Waals surface area contributed by atoms with Crippen molar-refractivity contribution < 1.29 is 50.1 Å². The largest absolute Gasteiger partial charge is 3.00 e. The van der Waals surface area contributed by atoms with Crippen molar-refractivity contribution in [2.75, 3.05) is 26.4 Å². The Labute approximate surface area is 237 Å². The third kappa shape index (κ3) is 42.4. The summed E-state index contributed by atoms with van der Waals surface area (Å²) in [5.41, 5.74) is -1.11. The number of carbonyl (C=O) groups excluding carboxylic acids is 3. The Morgan fingerprint density at radius 1 is 0.559 bits per heavy atom. The molecule has 0 aliphatic heterocycles. The standard InChI is InChI=1S/C5H12O4.3C5H10O2S.Bi/c6-1-5(2-7,3-8)4-9;3*1-5(2,8)3-4(6)7;/h6-9H,1-4H2;3*8H,3H2,1-2H3,(H,6,7);/q;;;;+3/p-3. The Morgan fingerprint density at radius 2 is 0.706 bits per heavy atom. The molecule has 10 nitrogen and oxygen atoms in total. The number of aliphatic carboxylic acids is 3. The number of thiol groups is 3. The minimum Gasteiger partial charge on any atom is -0.550 e. The van der Waals surface area contributed by atoms with Gasteiger partial charge in [-0.25, -0.2) is 0 Å². The number of carbonyl (C=O) groups is 3. The van der Waals surface area contributed by atoms with Crippen LogP contribution in [-0.2, 0) is 14.4 Å². The molecule has 0 bridgehead atoms. The fraction of sp³-hybridized carbons (Fsp3) is 0.850. The van der Waals surface area contributed by atoms with Crippen LogP contribution in [-0.4, -0.2) is 105 Å². The van der Waals surface area contributed by atoms with Crippen molar-refractivity contribution >= 4 is 82.0 Å². The van der Waals surface area contributed by atoms with Gasteiger partial charge in [0, 0.05) is 51.4 Å². The number of carboxylic acid groups (broad SMARTS) is 3. The van der Waals surface area contributed by atoms with Crippen LogP contribution in [0.4, 0.5) is 0 Å². The van der Waals surface area contributed by atoms with Crippen LogP contribution in [0.15, 0.2) is 0 Å². The molecule has 0 amide bonds. The molecule has 0 aromatic heterocycles. The summed E-state index contributed by atoms with van der Waals surface area (Å²) in [6.07, 6.45) is -0.0116. The Kier molecular flexibility index (Phi) is 27.7. The summed E-state index contributed by atoms with van der Waals surface area (Å²) in [5, 5.41) is 63.6. The Balaban J connectivity index is -0.000000109. The molecule has 14 heteroatoms. The monoisotopic (exact) mass is 744 g/mol. The fourth-order valence-electron chi connectivity index (χ4n) is 1.36. The van der Waals surface area contributed by atoms with Gasteiger partial charge in [-0.05, 0) is 0 Å². The van der Waals surface area contributed by atoms with Gasteiger partial charge in [0.25, 0.3) is 0 Å². The van der Waals surface area contributed by atoms with Gasteiger partial charge < -0.3 is 50.1 Å². The van der Waals surface area contributed by atoms with E-state index in [0.717, 1.165) is 0 Å². The van der Waals surface area contributed by atoms with Crippen LogP contribution < -0.4 is 15.3 Å². The second kappa shape index (κ2) is 21.3. The Hall–Kier alpha value is 0.183. The van der Waals surface area contributed by atoms with Gasteiger partial charge in [-0.1, -0.05) is 41.5 Å². The molecule has 0 fully saturated rings. The maximum Gasteiger partial charge on any atom is 3.00 e. The van der Waals surface area contributed by atoms with E-state index in [0.29, 0.717) is 0 Å². The van der Waals surface area contributed by atoms with Crippen molar-refractivity contribution in [3.8, 4) is 0 Å². The first-order chi connectivity index (χ1) is 14.5. The SMILES string of the molecule is CC(C)(S)CC(=O)[O-].CC(C)(S)CC(=O)[O-].CC(C)(S)CC(=O)[O-].OCC(CO)(CO)CO.[Bi+3]. The first-order valence-corrected chi connectivity index (χ1v) is 11.0. The Morgan fingerprint density at radius 3 is 0.706 bits per heavy atom. The molecule has 0 heterocycles. The van der Waals surface area contributed by atoms with Crippen molar-refractivity contribution in [2.24, 2.45) is 5.41 Å². The topological polar surface area (TPSA) is 201 Å². The van der Waals surface area contributed by atoms with Crippen molar-refractivity contribution in [3.05, 3.63) is 0 Å². The van der Waals surface area contributed by atoms with Gasteiger partial charge in [-0.2, -0.15) is 37.9 Å². The van der Waals surface area contributed by atoms with Crippen LogP contribution in [0.2, 0.25) is 0 Å². The number of rotatable bonds is 10. The third-order valence-electron chi connectivity index (χ3n) is 3.07. The Bertz CT molecular complexity index is 473. The molecular weight excluding hydrogens is 705 g/mol. The molecule has 0 rings (SSSR count). The van der Waals surface area contributed by atoms with Crippen LogP contribution >= 0.6 is 37.9 Å². The van der Waals surface area contributed by atoms with Gasteiger partial charge in [0.2, 0.25) is 0 Å². The van der Waals surface area contributed by atoms with Crippen LogP contribution in [0.5, 0.6) is 0 Å². The van der Waals surface area contributed by atoms with Gasteiger partial charge in [-0.15, -0.1) is 0 Å². The molecule has 0 aromatic carbocycles. The van der Waals surface area contributed by atoms with Gasteiger partial charge in [-0.3, -0.25) is 0 Å². The summed E-state index contributed by atoms with van der Waals surface area (Å²) in [7, 11) is 0. The summed E-state index contributed by atoms with van der Waals surface area (Å²) in [4.78, 5) is 29.6. The first-order valence-electron chi connectivity index (χ1n) is 9.70. The van der Waals surface area contributed by atoms with E-state index >= 15 is 0 Å². The fourth-order valence-corrected chi connectivity index (χ4v) is 1.75. The number of aliphatic hydroxyl groups is 4. The molecule has 0 spiro atoms. The number of aliphatic hydroxyl groups excluding tert-OH is 4. The second-order valence-corrected chi connectivity index (χ2v) is 12.8. The van der Waals surface area contributed by atoms with E-state index in [9.17, 15) is 29.7 Å². The normalized spacial score (nSPS) is 11.2. The number of hydrogen-bond donors (Lipinski definition) is 7. The average Bonchev–Trinajstić information content (AvgIpc) is 2.52. The molecule has 0 saturated heterocycles. The van der Waals surface area contributed by atoms with E-state index in [-0.39, 0.29) is 45.5 Å². The van der Waals surface area contributed by atoms with Gasteiger partial charge in [0.05, 0.1) is 31.8 Å². The molecule has 0 atom stereocenters. The number of hydrogen-bond acceptors (Lipinski definition) is 13. The van der Waals surface area contributed by atoms with E-state index in [1.54, 1.807) is 41.5 Å². The van der Waals surface area contributed by atoms with Crippen molar-refractivity contribution in [1.82, 2.24) is 0 Å². The van der Waals surface area contributed by atoms with Crippen molar-refractivity contribution in [2.45, 2.75) is 75.0 Å². The quantitative estimate of drug-likeness (QED) is 0.0898. The molecule has 2 radical (unpaired) electrons. The van der Waals surface area contributed by atoms with Crippen LogP contribution in [0.25, 0.3) is 0 Å². The summed E-state index contributed by atoms with van der Waals surface area (Å²) in [6.45, 7) is 8.74. The maximum atomic E-state index is 9.85. The molecule has 34 heavy (non-hydrogen) atoms. The first kappa shape index (κ1) is 44.2. The molecule has 0 saturated carbocycles. The number of carboxylic acids is 3. The summed E-state index contributed by atoms with van der Waals surface area (Å²) in [5.74, 6) is -3.15. The minimum absolute atomic E-state index is 0. The third-order valence-corrected chi connectivity index (χ3v) is 3.55. The van der Waals surface area contributed by atoms with E-state index < -0.39 is 64.0 Å². The van der Waals surface area contributed by atoms with E-state index in [4.69, 9.17) is 20.4 Å². The summed E-state index contributed by atoms with van der Waals surface area (Å²) < 4.78 is -1.34. The maximum absolute atomic E-state index is 9.85. The van der Waals surface area contributed by atoms with Gasteiger partial charge in [0.15, 0.2) is 0 Å². The summed E-state index contributed by atoms with van der Waals surface area (Å²) in [6, 6.07) is 0. The minimum atomic E-state index is -1.11. The van der Waals surface area contributed by atoms with Gasteiger partial charge >= 0.3 is 26.2 Å². The average molecular weight is 745 g/mol. The van der Waals surface area contributed by atoms with Crippen molar-refractivity contribution in [3.63, 3.8) is 0 Å². The zero-order chi connectivity index (χ0) is 27.7. The molecule has 202 valence electrons. The molecule has 0 unspecified atom stereocenters. The second-order valence-electron chi connectivity index (χ2n) is 9.22. The predicted molar refractivity (Wildman–Crippen MR) is 135 cm³/mol. The van der Waals surface area contributed by atoms with Crippen LogP contribution in [0.1, 0.15) is 60.8 Å². The van der Waals surface area contributed by atoms with Crippen LogP contribution in [0, 0.1) is 5.41 Å². The zero-order valence-electron chi connectivity index (χ0n) is 20.5. The molecule has 0 aliphatic carbocycles. The van der Waals surface area contributed by atoms with Crippen LogP contribution in [0.3, 0.4) is 0 Å². The van der Waals surface area contributed by atoms with E-state index in [1.807, 2.05) is 0 Å². The summed E-state index contributed by atoms with van der Waals surface area (Å²) >= 11 is 11.9. The molecule has 0 aromatic rings. The predicted octanol–water partition coefficient (Wildman–Crippen LogP) is -2.93. The molecular formula is C20H39BiO10S3. The van der Waals surface area contributed by atoms with Gasteiger partial charge in [0.1, 0.15) is 0 Å². The molecule has 0 aliphatic rings. The molecule has 4 N–H and O–H groups in total. The zero-order valence-corrected chi connectivity index (χ0v) is 26.6. The van der Waals surface area contributed by atoms with Crippen molar-refractivity contribution in [1.29, 1.82) is 0 Å². The van der Waals surface area contributed by atoms with E-state index in [1.165, 1.54) is 0 Å². The van der Waals surface area contributed by atoms with E-state index in [2.05, 4.69) is 37.9 Å². The smallest absolute Gasteiger partial charge is 0.550 e.